The van der Waals surface area contributed by atoms with Gasteiger partial charge in [0.2, 0.25) is 0 Å². The molecule has 4 nitrogen and oxygen atoms in total. The number of carbonyl (C=O) groups excluding carboxylic acids is 1. The largest absolute Gasteiger partial charge is 0.494 e. The number of ether oxygens (including phenoxy) is 2. The van der Waals surface area contributed by atoms with Gasteiger partial charge in [-0.2, -0.15) is 0 Å². The molecule has 1 N–H and O–H groups in total. The molecular formula is C22H25NO3S2. The van der Waals surface area contributed by atoms with E-state index < -0.39 is 0 Å². The zero-order chi connectivity index (χ0) is 19.5. The molecular weight excluding hydrogens is 390 g/mol. The third-order valence-corrected chi connectivity index (χ3v) is 7.31. The number of fused-ring (bicyclic) bond motifs is 3. The lowest BCUT2D eigenvalue weighted by Gasteiger charge is -2.17. The van der Waals surface area contributed by atoms with Crippen molar-refractivity contribution in [1.82, 2.24) is 0 Å². The van der Waals surface area contributed by atoms with E-state index in [2.05, 4.69) is 11.4 Å². The minimum Gasteiger partial charge on any atom is -0.494 e. The number of anilines is 1. The molecule has 2 aliphatic rings. The lowest BCUT2D eigenvalue weighted by molar-refractivity contribution is -0.112. The van der Waals surface area contributed by atoms with Gasteiger partial charge in [-0.3, -0.25) is 4.79 Å². The lowest BCUT2D eigenvalue weighted by Crippen LogP contribution is -2.15. The molecule has 1 aromatic heterocycles. The van der Waals surface area contributed by atoms with Gasteiger partial charge in [0.05, 0.1) is 23.8 Å². The van der Waals surface area contributed by atoms with Crippen molar-refractivity contribution in [1.29, 1.82) is 0 Å². The van der Waals surface area contributed by atoms with Crippen molar-refractivity contribution in [2.24, 2.45) is 0 Å². The first-order valence-corrected chi connectivity index (χ1v) is 11.7. The number of thiophene rings is 1. The molecule has 0 unspecified atom stereocenters. The summed E-state index contributed by atoms with van der Waals surface area (Å²) in [6.07, 6.45) is 7.02. The Bertz CT molecular complexity index is 917. The highest BCUT2D eigenvalue weighted by atomic mass is 32.2. The maximum Gasteiger partial charge on any atom is 0.262 e. The first kappa shape index (κ1) is 19.4. The second-order valence-corrected chi connectivity index (χ2v) is 8.98. The van der Waals surface area contributed by atoms with Crippen LogP contribution >= 0.6 is 23.1 Å². The van der Waals surface area contributed by atoms with Crippen molar-refractivity contribution in [3.63, 3.8) is 0 Å². The van der Waals surface area contributed by atoms with Gasteiger partial charge in [0.15, 0.2) is 0 Å². The Morgan fingerprint density at radius 1 is 1.11 bits per heavy atom. The molecule has 0 spiro atoms. The number of thioether (sulfide) groups is 1. The minimum absolute atomic E-state index is 0.0865. The summed E-state index contributed by atoms with van der Waals surface area (Å²) in [6.45, 7) is 4.99. The number of amides is 1. The molecule has 0 saturated heterocycles. The fourth-order valence-corrected chi connectivity index (χ4v) is 6.23. The molecule has 1 aliphatic carbocycles. The zero-order valence-corrected chi connectivity index (χ0v) is 17.9. The third kappa shape index (κ3) is 3.94. The molecule has 2 aromatic rings. The Labute approximate surface area is 174 Å². The second-order valence-electron chi connectivity index (χ2n) is 6.83. The average Bonchev–Trinajstić information content (AvgIpc) is 3.08. The molecule has 1 amide bonds. The van der Waals surface area contributed by atoms with Crippen molar-refractivity contribution in [2.75, 3.05) is 18.5 Å². The molecule has 0 saturated carbocycles. The Morgan fingerprint density at radius 3 is 2.75 bits per heavy atom. The van der Waals surface area contributed by atoms with Crippen LogP contribution in [0, 0.1) is 0 Å². The SMILES string of the molecule is CCOc1ccc(OCC)c(NC(=O)C2=Cc3sc4c(c3CS2)CCCC4)c1. The molecule has 0 atom stereocenters. The number of benzene rings is 1. The van der Waals surface area contributed by atoms with Crippen molar-refractivity contribution >= 4 is 40.8 Å². The fraction of sp³-hybridized carbons (Fsp3) is 0.409. The van der Waals surface area contributed by atoms with Crippen LogP contribution in [0.1, 0.15) is 47.6 Å². The topological polar surface area (TPSA) is 47.6 Å². The quantitative estimate of drug-likeness (QED) is 0.662. The van der Waals surface area contributed by atoms with Gasteiger partial charge < -0.3 is 14.8 Å². The van der Waals surface area contributed by atoms with Gasteiger partial charge in [0.25, 0.3) is 5.91 Å². The molecule has 148 valence electrons. The molecule has 4 rings (SSSR count). The number of rotatable bonds is 6. The maximum absolute atomic E-state index is 13.0. The van der Waals surface area contributed by atoms with Crippen LogP contribution in [0.4, 0.5) is 5.69 Å². The summed E-state index contributed by atoms with van der Waals surface area (Å²) < 4.78 is 11.2. The van der Waals surface area contributed by atoms with Gasteiger partial charge in [0, 0.05) is 21.6 Å². The Balaban J connectivity index is 1.57. The minimum atomic E-state index is -0.0865. The molecule has 1 aromatic carbocycles. The van der Waals surface area contributed by atoms with Crippen molar-refractivity contribution in [3.8, 4) is 11.5 Å². The average molecular weight is 416 g/mol. The summed E-state index contributed by atoms with van der Waals surface area (Å²) >= 11 is 3.50. The summed E-state index contributed by atoms with van der Waals surface area (Å²) in [5.74, 6) is 2.18. The Hall–Kier alpha value is -1.92. The van der Waals surface area contributed by atoms with E-state index in [1.807, 2.05) is 43.4 Å². The molecule has 0 fully saturated rings. The number of aryl methyl sites for hydroxylation is 1. The van der Waals surface area contributed by atoms with Crippen LogP contribution in [-0.4, -0.2) is 19.1 Å². The first-order chi connectivity index (χ1) is 13.7. The monoisotopic (exact) mass is 415 g/mol. The number of nitrogens with one attached hydrogen (secondary N) is 1. The highest BCUT2D eigenvalue weighted by molar-refractivity contribution is 8.03. The van der Waals surface area contributed by atoms with Crippen LogP contribution in [0.3, 0.4) is 0 Å². The normalized spacial score (nSPS) is 15.3. The van der Waals surface area contributed by atoms with E-state index in [0.717, 1.165) is 16.4 Å². The molecule has 6 heteroatoms. The van der Waals surface area contributed by atoms with Crippen LogP contribution in [0.2, 0.25) is 0 Å². The Morgan fingerprint density at radius 2 is 1.93 bits per heavy atom. The molecule has 2 heterocycles. The molecule has 0 bridgehead atoms. The molecule has 0 radical (unpaired) electrons. The van der Waals surface area contributed by atoms with E-state index in [4.69, 9.17) is 9.47 Å². The van der Waals surface area contributed by atoms with Gasteiger partial charge in [0.1, 0.15) is 11.5 Å². The Kier molecular flexibility index (Phi) is 5.97. The van der Waals surface area contributed by atoms with E-state index in [-0.39, 0.29) is 5.91 Å². The lowest BCUT2D eigenvalue weighted by atomic mass is 9.95. The van der Waals surface area contributed by atoms with E-state index in [0.29, 0.717) is 24.7 Å². The zero-order valence-electron chi connectivity index (χ0n) is 16.3. The summed E-state index contributed by atoms with van der Waals surface area (Å²) in [5.41, 5.74) is 3.66. The number of hydrogen-bond acceptors (Lipinski definition) is 5. The van der Waals surface area contributed by atoms with Gasteiger partial charge in [-0.1, -0.05) is 0 Å². The van der Waals surface area contributed by atoms with Crippen molar-refractivity contribution < 1.29 is 14.3 Å². The van der Waals surface area contributed by atoms with Crippen molar-refractivity contribution in [3.05, 3.63) is 44.0 Å². The van der Waals surface area contributed by atoms with Crippen LogP contribution < -0.4 is 14.8 Å². The van der Waals surface area contributed by atoms with E-state index >= 15 is 0 Å². The van der Waals surface area contributed by atoms with Gasteiger partial charge >= 0.3 is 0 Å². The summed E-state index contributed by atoms with van der Waals surface area (Å²) in [6, 6.07) is 5.54. The number of hydrogen-bond donors (Lipinski definition) is 1. The predicted octanol–water partition coefficient (Wildman–Crippen LogP) is 5.65. The van der Waals surface area contributed by atoms with Gasteiger partial charge in [-0.05, 0) is 68.9 Å². The van der Waals surface area contributed by atoms with Gasteiger partial charge in [-0.15, -0.1) is 23.1 Å². The number of carbonyl (C=O) groups is 1. The highest BCUT2D eigenvalue weighted by Crippen LogP contribution is 2.43. The van der Waals surface area contributed by atoms with E-state index in [1.54, 1.807) is 17.3 Å². The molecule has 28 heavy (non-hydrogen) atoms. The maximum atomic E-state index is 13.0. The van der Waals surface area contributed by atoms with Crippen LogP contribution in [0.25, 0.3) is 6.08 Å². The molecule has 1 aliphatic heterocycles. The van der Waals surface area contributed by atoms with Crippen molar-refractivity contribution in [2.45, 2.75) is 45.3 Å². The van der Waals surface area contributed by atoms with E-state index in [9.17, 15) is 4.79 Å². The highest BCUT2D eigenvalue weighted by Gasteiger charge is 2.25. The van der Waals surface area contributed by atoms with E-state index in [1.165, 1.54) is 41.0 Å². The second kappa shape index (κ2) is 8.62. The smallest absolute Gasteiger partial charge is 0.262 e. The van der Waals surface area contributed by atoms with Gasteiger partial charge in [-0.25, -0.2) is 0 Å². The van der Waals surface area contributed by atoms with Crippen LogP contribution in [0.5, 0.6) is 11.5 Å². The van der Waals surface area contributed by atoms with Crippen LogP contribution in [-0.2, 0) is 23.4 Å². The fourth-order valence-electron chi connectivity index (χ4n) is 3.70. The standard InChI is InChI=1S/C22H25NO3S2/c1-3-25-14-9-10-18(26-4-2)17(11-14)23-22(24)21-12-20-16(13-27-21)15-7-5-6-8-19(15)28-20/h9-12H,3-8,13H2,1-2H3,(H,23,24). The van der Waals surface area contributed by atoms with Crippen LogP contribution in [0.15, 0.2) is 23.1 Å². The third-order valence-electron chi connectivity index (χ3n) is 4.98. The summed E-state index contributed by atoms with van der Waals surface area (Å²) in [7, 11) is 0. The first-order valence-electron chi connectivity index (χ1n) is 9.88. The predicted molar refractivity (Wildman–Crippen MR) is 118 cm³/mol. The summed E-state index contributed by atoms with van der Waals surface area (Å²) in [5, 5.41) is 3.03. The summed E-state index contributed by atoms with van der Waals surface area (Å²) in [4.78, 5) is 16.5.